The number of hydrogen-bond donors (Lipinski definition) is 1. The molecule has 1 amide bonds. The molecule has 0 radical (unpaired) electrons. The maximum Gasteiger partial charge on any atom is 0.339 e. The maximum absolute atomic E-state index is 13.0. The molecule has 2 aromatic heterocycles. The first kappa shape index (κ1) is 24.4. The molecule has 4 aromatic rings. The van der Waals surface area contributed by atoms with E-state index < -0.39 is 30.5 Å². The Morgan fingerprint density at radius 2 is 1.77 bits per heavy atom. The van der Waals surface area contributed by atoms with Crippen molar-refractivity contribution in [3.8, 4) is 10.6 Å². The number of para-hydroxylation sites is 1. The zero-order valence-corrected chi connectivity index (χ0v) is 20.3. The minimum atomic E-state index is -0.912. The number of hydrogen-bond acceptors (Lipinski definition) is 7. The lowest BCUT2D eigenvalue weighted by molar-refractivity contribution is -0.145. The van der Waals surface area contributed by atoms with E-state index in [9.17, 15) is 14.4 Å². The molecule has 178 valence electrons. The van der Waals surface area contributed by atoms with Crippen LogP contribution in [0.3, 0.4) is 0 Å². The maximum atomic E-state index is 13.0. The molecule has 4 rings (SSSR count). The fourth-order valence-electron chi connectivity index (χ4n) is 3.55. The smallest absolute Gasteiger partial charge is 0.339 e. The van der Waals surface area contributed by atoms with Crippen molar-refractivity contribution in [2.75, 3.05) is 13.7 Å². The van der Waals surface area contributed by atoms with E-state index >= 15 is 0 Å². The van der Waals surface area contributed by atoms with Gasteiger partial charge in [-0.2, -0.15) is 0 Å². The highest BCUT2D eigenvalue weighted by Gasteiger charge is 2.23. The van der Waals surface area contributed by atoms with Crippen LogP contribution in [0.1, 0.15) is 15.9 Å². The minimum Gasteiger partial charge on any atom is -0.467 e. The van der Waals surface area contributed by atoms with Crippen LogP contribution in [0, 0.1) is 0 Å². The second kappa shape index (κ2) is 11.1. The Hall–Kier alpha value is -3.75. The molecule has 2 aromatic carbocycles. The molecular weight excluding hydrogens is 488 g/mol. The van der Waals surface area contributed by atoms with E-state index in [1.165, 1.54) is 18.4 Å². The summed E-state index contributed by atoms with van der Waals surface area (Å²) in [7, 11) is 1.25. The Morgan fingerprint density at radius 3 is 2.49 bits per heavy atom. The molecule has 1 atom stereocenters. The molecule has 0 spiro atoms. The van der Waals surface area contributed by atoms with Crippen LogP contribution in [0.2, 0.25) is 4.34 Å². The number of aromatic nitrogens is 1. The van der Waals surface area contributed by atoms with Crippen LogP contribution in [-0.4, -0.2) is 42.6 Å². The molecular formula is C26H21ClN2O5S. The van der Waals surface area contributed by atoms with Gasteiger partial charge in [0.25, 0.3) is 5.91 Å². The predicted octanol–water partition coefficient (Wildman–Crippen LogP) is 4.67. The van der Waals surface area contributed by atoms with Crippen LogP contribution in [0.4, 0.5) is 0 Å². The zero-order valence-electron chi connectivity index (χ0n) is 18.7. The number of fused-ring (bicyclic) bond motifs is 1. The molecule has 0 aliphatic carbocycles. The largest absolute Gasteiger partial charge is 0.467 e. The zero-order chi connectivity index (χ0) is 24.8. The van der Waals surface area contributed by atoms with Crippen LogP contribution >= 0.6 is 22.9 Å². The molecule has 2 heterocycles. The number of amides is 1. The van der Waals surface area contributed by atoms with Crippen molar-refractivity contribution in [2.24, 2.45) is 0 Å². The number of carbonyl (C=O) groups is 3. The molecule has 35 heavy (non-hydrogen) atoms. The molecule has 0 unspecified atom stereocenters. The van der Waals surface area contributed by atoms with Crippen LogP contribution < -0.4 is 5.32 Å². The Morgan fingerprint density at radius 1 is 1.03 bits per heavy atom. The first-order valence-corrected chi connectivity index (χ1v) is 11.9. The molecule has 0 saturated heterocycles. The summed E-state index contributed by atoms with van der Waals surface area (Å²) in [5.74, 6) is -1.89. The topological polar surface area (TPSA) is 94.6 Å². The second-order valence-corrected chi connectivity index (χ2v) is 9.30. The Labute approximate surface area is 210 Å². The van der Waals surface area contributed by atoms with Gasteiger partial charge in [0, 0.05) is 11.8 Å². The molecule has 0 bridgehead atoms. The Bertz CT molecular complexity index is 1370. The van der Waals surface area contributed by atoms with E-state index in [-0.39, 0.29) is 12.0 Å². The van der Waals surface area contributed by atoms with Crippen molar-refractivity contribution in [1.29, 1.82) is 0 Å². The van der Waals surface area contributed by atoms with Crippen molar-refractivity contribution in [2.45, 2.75) is 12.5 Å². The normalized spacial score (nSPS) is 11.6. The van der Waals surface area contributed by atoms with Gasteiger partial charge in [0.1, 0.15) is 6.04 Å². The third-order valence-electron chi connectivity index (χ3n) is 5.20. The molecule has 0 fully saturated rings. The number of pyridine rings is 1. The number of nitrogens with zero attached hydrogens (tertiary/aromatic N) is 1. The minimum absolute atomic E-state index is 0.245. The summed E-state index contributed by atoms with van der Waals surface area (Å²) < 4.78 is 10.7. The summed E-state index contributed by atoms with van der Waals surface area (Å²) in [6, 6.07) is 20.7. The highest BCUT2D eigenvalue weighted by Crippen LogP contribution is 2.32. The number of nitrogens with one attached hydrogen (secondary N) is 1. The van der Waals surface area contributed by atoms with Gasteiger partial charge in [-0.1, -0.05) is 60.1 Å². The summed E-state index contributed by atoms with van der Waals surface area (Å²) >= 11 is 7.41. The molecule has 0 saturated carbocycles. The van der Waals surface area contributed by atoms with Crippen LogP contribution in [0.25, 0.3) is 21.5 Å². The van der Waals surface area contributed by atoms with Gasteiger partial charge in [-0.15, -0.1) is 11.3 Å². The number of carbonyl (C=O) groups excluding carboxylic acids is 3. The number of ether oxygens (including phenoxy) is 2. The SMILES string of the molecule is COC(=O)[C@H](Cc1ccccc1)NC(=O)COC(=O)c1cc(-c2ccc(Cl)s2)nc2ccccc12. The Kier molecular flexibility index (Phi) is 7.74. The first-order chi connectivity index (χ1) is 16.9. The van der Waals surface area contributed by atoms with E-state index in [2.05, 4.69) is 10.3 Å². The summed E-state index contributed by atoms with van der Waals surface area (Å²) in [6.07, 6.45) is 0.245. The third-order valence-corrected chi connectivity index (χ3v) is 6.45. The predicted molar refractivity (Wildman–Crippen MR) is 134 cm³/mol. The summed E-state index contributed by atoms with van der Waals surface area (Å²) in [5.41, 5.74) is 2.31. The van der Waals surface area contributed by atoms with Crippen LogP contribution in [0.15, 0.2) is 72.8 Å². The van der Waals surface area contributed by atoms with Gasteiger partial charge in [-0.05, 0) is 29.8 Å². The molecule has 0 aliphatic heterocycles. The van der Waals surface area contributed by atoms with Gasteiger partial charge in [-0.25, -0.2) is 14.6 Å². The monoisotopic (exact) mass is 508 g/mol. The van der Waals surface area contributed by atoms with Crippen molar-refractivity contribution < 1.29 is 23.9 Å². The van der Waals surface area contributed by atoms with Gasteiger partial charge in [0.2, 0.25) is 0 Å². The van der Waals surface area contributed by atoms with Gasteiger partial charge < -0.3 is 14.8 Å². The van der Waals surface area contributed by atoms with Crippen molar-refractivity contribution in [1.82, 2.24) is 10.3 Å². The van der Waals surface area contributed by atoms with Gasteiger partial charge in [0.15, 0.2) is 6.61 Å². The van der Waals surface area contributed by atoms with E-state index in [0.717, 1.165) is 10.4 Å². The lowest BCUT2D eigenvalue weighted by atomic mass is 10.1. The number of rotatable bonds is 8. The molecule has 7 nitrogen and oxygen atoms in total. The van der Waals surface area contributed by atoms with Crippen molar-refractivity contribution in [3.63, 3.8) is 0 Å². The quantitative estimate of drug-likeness (QED) is 0.347. The summed E-state index contributed by atoms with van der Waals surface area (Å²) in [4.78, 5) is 43.1. The lowest BCUT2D eigenvalue weighted by Gasteiger charge is -2.17. The summed E-state index contributed by atoms with van der Waals surface area (Å²) in [5, 5.41) is 3.18. The number of halogens is 1. The fourth-order valence-corrected chi connectivity index (χ4v) is 4.56. The molecule has 1 N–H and O–H groups in total. The van der Waals surface area contributed by atoms with Gasteiger partial charge in [0.05, 0.1) is 33.1 Å². The molecule has 0 aliphatic rings. The number of thiophene rings is 1. The first-order valence-electron chi connectivity index (χ1n) is 10.7. The Balaban J connectivity index is 1.49. The summed E-state index contributed by atoms with van der Waals surface area (Å²) in [6.45, 7) is -0.558. The van der Waals surface area contributed by atoms with E-state index in [0.29, 0.717) is 20.9 Å². The number of methoxy groups -OCH3 is 1. The second-order valence-electron chi connectivity index (χ2n) is 7.59. The van der Waals surface area contributed by atoms with Crippen LogP contribution in [-0.2, 0) is 25.5 Å². The average molecular weight is 509 g/mol. The number of esters is 2. The third kappa shape index (κ3) is 6.03. The number of benzene rings is 2. The van der Waals surface area contributed by atoms with E-state index in [1.807, 2.05) is 42.5 Å². The highest BCUT2D eigenvalue weighted by molar-refractivity contribution is 7.19. The van der Waals surface area contributed by atoms with Crippen molar-refractivity contribution >= 4 is 51.7 Å². The van der Waals surface area contributed by atoms with Crippen molar-refractivity contribution in [3.05, 3.63) is 88.3 Å². The van der Waals surface area contributed by atoms with E-state index in [1.54, 1.807) is 30.3 Å². The highest BCUT2D eigenvalue weighted by atomic mass is 35.5. The average Bonchev–Trinajstić information content (AvgIpc) is 3.32. The lowest BCUT2D eigenvalue weighted by Crippen LogP contribution is -2.44. The molecule has 9 heteroatoms. The fraction of sp³-hybridized carbons (Fsp3) is 0.154. The standard InChI is InChI=1S/C26H21ClN2O5S/c1-33-26(32)21(13-16-7-3-2-4-8-16)29-24(30)15-34-25(31)18-14-20(22-11-12-23(27)35-22)28-19-10-6-5-9-17(18)19/h2-12,14,21H,13,15H2,1H3,(H,29,30)/t21-/m0/s1. The van der Waals surface area contributed by atoms with Crippen LogP contribution in [0.5, 0.6) is 0 Å². The van der Waals surface area contributed by atoms with E-state index in [4.69, 9.17) is 21.1 Å². The van der Waals surface area contributed by atoms with Gasteiger partial charge >= 0.3 is 11.9 Å². The van der Waals surface area contributed by atoms with Gasteiger partial charge in [-0.3, -0.25) is 4.79 Å².